The van der Waals surface area contributed by atoms with Crippen molar-refractivity contribution in [3.05, 3.63) is 28.8 Å². The zero-order chi connectivity index (χ0) is 17.2. The summed E-state index contributed by atoms with van der Waals surface area (Å²) in [4.78, 5) is 24.9. The summed E-state index contributed by atoms with van der Waals surface area (Å²) in [5.41, 5.74) is 6.15. The Hall–Kier alpha value is -1.63. The summed E-state index contributed by atoms with van der Waals surface area (Å²) in [6.45, 7) is 1.32. The van der Waals surface area contributed by atoms with Gasteiger partial charge in [0.15, 0.2) is 0 Å². The minimum Gasteiger partial charge on any atom is -0.381 e. The van der Waals surface area contributed by atoms with E-state index in [1.807, 2.05) is 0 Å². The molecule has 1 heterocycles. The summed E-state index contributed by atoms with van der Waals surface area (Å²) in [7, 11) is 0. The predicted octanol–water partition coefficient (Wildman–Crippen LogP) is 1.93. The van der Waals surface area contributed by atoms with Crippen molar-refractivity contribution in [1.29, 1.82) is 0 Å². The van der Waals surface area contributed by atoms with Crippen LogP contribution in [0.5, 0.6) is 0 Å². The number of hydrogen-bond acceptors (Lipinski definition) is 4. The molecule has 6 nitrogen and oxygen atoms in total. The highest BCUT2D eigenvalue weighted by atomic mass is 35.5. The second-order valence-corrected chi connectivity index (χ2v) is 6.90. The van der Waals surface area contributed by atoms with Gasteiger partial charge >= 0.3 is 0 Å². The largest absolute Gasteiger partial charge is 0.381 e. The lowest BCUT2D eigenvalue weighted by atomic mass is 9.79. The quantitative estimate of drug-likeness (QED) is 0.755. The maximum atomic E-state index is 12.7. The van der Waals surface area contributed by atoms with Gasteiger partial charge in [0.05, 0.1) is 16.0 Å². The van der Waals surface area contributed by atoms with Crippen molar-refractivity contribution in [2.45, 2.75) is 31.7 Å². The van der Waals surface area contributed by atoms with Crippen LogP contribution in [0.1, 0.15) is 36.0 Å². The smallest absolute Gasteiger partial charge is 0.253 e. The van der Waals surface area contributed by atoms with Gasteiger partial charge in [-0.1, -0.05) is 11.6 Å². The zero-order valence-electron chi connectivity index (χ0n) is 13.4. The fourth-order valence-corrected chi connectivity index (χ4v) is 3.02. The Morgan fingerprint density at radius 1 is 1.29 bits per heavy atom. The molecule has 1 aliphatic carbocycles. The van der Waals surface area contributed by atoms with Crippen LogP contribution >= 0.6 is 11.6 Å². The van der Waals surface area contributed by atoms with Gasteiger partial charge in [-0.3, -0.25) is 9.59 Å². The molecule has 0 bridgehead atoms. The van der Waals surface area contributed by atoms with Crippen molar-refractivity contribution < 1.29 is 14.3 Å². The van der Waals surface area contributed by atoms with Gasteiger partial charge in [0.1, 0.15) is 0 Å². The van der Waals surface area contributed by atoms with Gasteiger partial charge < -0.3 is 21.1 Å². The van der Waals surface area contributed by atoms with Crippen LogP contribution in [-0.2, 0) is 9.53 Å². The first kappa shape index (κ1) is 17.2. The molecule has 1 aliphatic heterocycles. The highest BCUT2D eigenvalue weighted by Crippen LogP contribution is 2.31. The molecule has 24 heavy (non-hydrogen) atoms. The van der Waals surface area contributed by atoms with E-state index >= 15 is 0 Å². The monoisotopic (exact) mass is 351 g/mol. The van der Waals surface area contributed by atoms with E-state index in [0.717, 1.165) is 12.8 Å². The lowest BCUT2D eigenvalue weighted by Crippen LogP contribution is -2.46. The molecular weight excluding hydrogens is 330 g/mol. The molecule has 2 fully saturated rings. The fraction of sp³-hybridized carbons (Fsp3) is 0.529. The molecule has 2 aliphatic rings. The number of benzene rings is 1. The van der Waals surface area contributed by atoms with Gasteiger partial charge in [-0.15, -0.1) is 0 Å². The Balaban J connectivity index is 1.74. The second-order valence-electron chi connectivity index (χ2n) is 6.49. The molecule has 0 atom stereocenters. The molecule has 1 saturated heterocycles. The summed E-state index contributed by atoms with van der Waals surface area (Å²) in [6.07, 6.45) is 3.19. The van der Waals surface area contributed by atoms with Gasteiger partial charge in [0.25, 0.3) is 5.91 Å². The van der Waals surface area contributed by atoms with Crippen LogP contribution in [0.3, 0.4) is 0 Å². The van der Waals surface area contributed by atoms with E-state index in [0.29, 0.717) is 42.3 Å². The van der Waals surface area contributed by atoms with Gasteiger partial charge in [-0.25, -0.2) is 0 Å². The van der Waals surface area contributed by atoms with Crippen molar-refractivity contribution in [2.24, 2.45) is 11.1 Å². The number of ether oxygens (including phenoxy) is 1. The molecule has 1 aromatic rings. The second kappa shape index (κ2) is 7.09. The maximum Gasteiger partial charge on any atom is 0.253 e. The molecule has 3 rings (SSSR count). The van der Waals surface area contributed by atoms with E-state index in [1.165, 1.54) is 0 Å². The fourth-order valence-electron chi connectivity index (χ4n) is 2.82. The Labute approximate surface area is 146 Å². The van der Waals surface area contributed by atoms with Crippen LogP contribution in [0.25, 0.3) is 0 Å². The number of rotatable bonds is 5. The van der Waals surface area contributed by atoms with Gasteiger partial charge in [-0.05, 0) is 43.9 Å². The van der Waals surface area contributed by atoms with E-state index in [9.17, 15) is 9.59 Å². The first-order valence-electron chi connectivity index (χ1n) is 8.24. The summed E-state index contributed by atoms with van der Waals surface area (Å²) < 4.78 is 5.33. The number of hydrogen-bond donors (Lipinski definition) is 3. The molecular formula is C17H22ClN3O3. The maximum absolute atomic E-state index is 12.7. The molecule has 0 radical (unpaired) electrons. The number of halogens is 1. The van der Waals surface area contributed by atoms with Gasteiger partial charge in [0.2, 0.25) is 5.91 Å². The summed E-state index contributed by atoms with van der Waals surface area (Å²) >= 11 is 6.12. The average Bonchev–Trinajstić information content (AvgIpc) is 3.41. The summed E-state index contributed by atoms with van der Waals surface area (Å²) in [5, 5.41) is 6.15. The predicted molar refractivity (Wildman–Crippen MR) is 92.1 cm³/mol. The Bertz CT molecular complexity index is 640. The highest BCUT2D eigenvalue weighted by molar-refractivity contribution is 6.34. The number of nitrogens with one attached hydrogen (secondary N) is 2. The van der Waals surface area contributed by atoms with Crippen LogP contribution < -0.4 is 16.4 Å². The van der Waals surface area contributed by atoms with E-state index in [-0.39, 0.29) is 24.4 Å². The Morgan fingerprint density at radius 2 is 2.00 bits per heavy atom. The lowest BCUT2D eigenvalue weighted by Gasteiger charge is -2.34. The molecule has 4 N–H and O–H groups in total. The van der Waals surface area contributed by atoms with Crippen molar-refractivity contribution in [1.82, 2.24) is 5.32 Å². The Morgan fingerprint density at radius 3 is 2.62 bits per heavy atom. The zero-order valence-corrected chi connectivity index (χ0v) is 14.2. The third kappa shape index (κ3) is 3.71. The molecule has 7 heteroatoms. The third-order valence-corrected chi connectivity index (χ3v) is 5.03. The Kier molecular flexibility index (Phi) is 5.08. The average molecular weight is 352 g/mol. The van der Waals surface area contributed by atoms with Crippen molar-refractivity contribution in [2.75, 3.05) is 25.1 Å². The summed E-state index contributed by atoms with van der Waals surface area (Å²) in [6, 6.07) is 5.17. The first-order valence-corrected chi connectivity index (χ1v) is 8.61. The number of amides is 2. The molecule has 1 saturated carbocycles. The number of anilines is 1. The van der Waals surface area contributed by atoms with E-state index in [4.69, 9.17) is 22.1 Å². The van der Waals surface area contributed by atoms with Crippen LogP contribution in [0, 0.1) is 5.41 Å². The third-order valence-electron chi connectivity index (χ3n) is 4.70. The SMILES string of the molecule is NCC1(C(=O)Nc2ccc(Cl)c(C(=O)NC3CC3)c2)CCOCC1. The lowest BCUT2D eigenvalue weighted by molar-refractivity contribution is -0.130. The van der Waals surface area contributed by atoms with Crippen LogP contribution in [0.2, 0.25) is 5.02 Å². The first-order chi connectivity index (χ1) is 11.5. The normalized spacial score (nSPS) is 19.6. The van der Waals surface area contributed by atoms with Crippen LogP contribution in [0.4, 0.5) is 5.69 Å². The molecule has 1 aromatic carbocycles. The van der Waals surface area contributed by atoms with Crippen molar-refractivity contribution in [3.8, 4) is 0 Å². The minimum atomic E-state index is -0.617. The number of carbonyl (C=O) groups is 2. The highest BCUT2D eigenvalue weighted by Gasteiger charge is 2.38. The van der Waals surface area contributed by atoms with Crippen LogP contribution in [0.15, 0.2) is 18.2 Å². The standard InChI is InChI=1S/C17H22ClN3O3/c18-14-4-3-12(9-13(14)15(22)20-11-1-2-11)21-16(23)17(10-19)5-7-24-8-6-17/h3-4,9,11H,1-2,5-8,10,19H2,(H,20,22)(H,21,23). The van der Waals surface area contributed by atoms with Crippen LogP contribution in [-0.4, -0.2) is 37.6 Å². The molecule has 0 aromatic heterocycles. The van der Waals surface area contributed by atoms with Gasteiger partial charge in [-0.2, -0.15) is 0 Å². The molecule has 0 spiro atoms. The molecule has 130 valence electrons. The summed E-state index contributed by atoms with van der Waals surface area (Å²) in [5.74, 6) is -0.345. The van der Waals surface area contributed by atoms with E-state index in [1.54, 1.807) is 18.2 Å². The number of carbonyl (C=O) groups excluding carboxylic acids is 2. The molecule has 2 amide bonds. The van der Waals surface area contributed by atoms with Gasteiger partial charge in [0, 0.05) is 31.5 Å². The van der Waals surface area contributed by atoms with Crippen molar-refractivity contribution >= 4 is 29.1 Å². The molecule has 0 unspecified atom stereocenters. The van der Waals surface area contributed by atoms with Crippen molar-refractivity contribution in [3.63, 3.8) is 0 Å². The topological polar surface area (TPSA) is 93.5 Å². The van der Waals surface area contributed by atoms with E-state index in [2.05, 4.69) is 10.6 Å². The minimum absolute atomic E-state index is 0.135. The van der Waals surface area contributed by atoms with E-state index < -0.39 is 5.41 Å². The number of nitrogens with two attached hydrogens (primary N) is 1.